The molecule has 1 fully saturated rings. The van der Waals surface area contributed by atoms with Crippen LogP contribution in [0.25, 0.3) is 0 Å². The molecule has 1 aromatic heterocycles. The van der Waals surface area contributed by atoms with Gasteiger partial charge in [0.1, 0.15) is 0 Å². The number of aromatic nitrogens is 1. The molecule has 2 rings (SSSR count). The highest BCUT2D eigenvalue weighted by molar-refractivity contribution is 7.11. The number of hydrogen-bond donors (Lipinski definition) is 1. The van der Waals surface area contributed by atoms with Gasteiger partial charge in [0, 0.05) is 43.4 Å². The summed E-state index contributed by atoms with van der Waals surface area (Å²) >= 11 is 1.77. The predicted octanol–water partition coefficient (Wildman–Crippen LogP) is 1.83. The summed E-state index contributed by atoms with van der Waals surface area (Å²) in [5.41, 5.74) is 1.13. The second-order valence-corrected chi connectivity index (χ2v) is 7.93. The van der Waals surface area contributed by atoms with E-state index in [-0.39, 0.29) is 5.91 Å². The summed E-state index contributed by atoms with van der Waals surface area (Å²) in [6.45, 7) is 8.02. The van der Waals surface area contributed by atoms with Crippen molar-refractivity contribution >= 4 is 17.2 Å². The molecule has 1 saturated heterocycles. The summed E-state index contributed by atoms with van der Waals surface area (Å²) in [5, 5.41) is 4.21. The van der Waals surface area contributed by atoms with Crippen LogP contribution in [-0.2, 0) is 11.2 Å². The molecule has 0 unspecified atom stereocenters. The van der Waals surface area contributed by atoms with Crippen LogP contribution in [-0.4, -0.2) is 67.0 Å². The molecular formula is C17H30N4OS. The Morgan fingerprint density at radius 2 is 2.26 bits per heavy atom. The first-order chi connectivity index (χ1) is 11.0. The molecule has 6 heteroatoms. The molecule has 130 valence electrons. The SMILES string of the molecule is Cc1nc(CCCNC(=O)CCN(C)[C@@H]2CCN(C)C2)sc1C. The van der Waals surface area contributed by atoms with Crippen LogP contribution in [0.2, 0.25) is 0 Å². The van der Waals surface area contributed by atoms with Crippen molar-refractivity contribution in [3.63, 3.8) is 0 Å². The largest absolute Gasteiger partial charge is 0.356 e. The van der Waals surface area contributed by atoms with E-state index in [4.69, 9.17) is 0 Å². The normalized spacial score (nSPS) is 18.7. The molecule has 1 aromatic rings. The third-order valence-corrected chi connectivity index (χ3v) is 5.78. The van der Waals surface area contributed by atoms with Gasteiger partial charge in [0.05, 0.1) is 10.7 Å². The smallest absolute Gasteiger partial charge is 0.221 e. The van der Waals surface area contributed by atoms with E-state index in [1.165, 1.54) is 16.3 Å². The fourth-order valence-corrected chi connectivity index (χ4v) is 3.91. The number of likely N-dealkylation sites (N-methyl/N-ethyl adjacent to an activating group) is 2. The second-order valence-electron chi connectivity index (χ2n) is 6.64. The van der Waals surface area contributed by atoms with E-state index in [2.05, 4.69) is 48.0 Å². The van der Waals surface area contributed by atoms with Gasteiger partial charge in [-0.2, -0.15) is 0 Å². The number of carbonyl (C=O) groups excluding carboxylic acids is 1. The highest BCUT2D eigenvalue weighted by Gasteiger charge is 2.23. The number of thiazole rings is 1. The van der Waals surface area contributed by atoms with Gasteiger partial charge >= 0.3 is 0 Å². The molecule has 0 spiro atoms. The summed E-state index contributed by atoms with van der Waals surface area (Å²) < 4.78 is 0. The highest BCUT2D eigenvalue weighted by Crippen LogP contribution is 2.17. The summed E-state index contributed by atoms with van der Waals surface area (Å²) in [6, 6.07) is 0.601. The van der Waals surface area contributed by atoms with E-state index in [0.29, 0.717) is 12.5 Å². The number of amides is 1. The fourth-order valence-electron chi connectivity index (χ4n) is 2.93. The molecule has 1 amide bonds. The summed E-state index contributed by atoms with van der Waals surface area (Å²) in [5.74, 6) is 0.162. The Morgan fingerprint density at radius 1 is 1.48 bits per heavy atom. The first-order valence-electron chi connectivity index (χ1n) is 8.54. The van der Waals surface area contributed by atoms with Gasteiger partial charge in [0.25, 0.3) is 0 Å². The molecule has 0 radical (unpaired) electrons. The molecule has 2 heterocycles. The number of nitrogens with one attached hydrogen (secondary N) is 1. The van der Waals surface area contributed by atoms with Crippen molar-refractivity contribution in [1.29, 1.82) is 0 Å². The topological polar surface area (TPSA) is 48.5 Å². The molecule has 1 atom stereocenters. The Balaban J connectivity index is 1.56. The predicted molar refractivity (Wildman–Crippen MR) is 96.1 cm³/mol. The molecule has 1 aliphatic heterocycles. The number of hydrogen-bond acceptors (Lipinski definition) is 5. The molecule has 5 nitrogen and oxygen atoms in total. The maximum atomic E-state index is 11.9. The monoisotopic (exact) mass is 338 g/mol. The third-order valence-electron chi connectivity index (χ3n) is 4.64. The van der Waals surface area contributed by atoms with Crippen molar-refractivity contribution in [3.05, 3.63) is 15.6 Å². The molecule has 1 aliphatic rings. The zero-order chi connectivity index (χ0) is 16.8. The number of carbonyl (C=O) groups is 1. The summed E-state index contributed by atoms with van der Waals surface area (Å²) in [7, 11) is 4.29. The van der Waals surface area contributed by atoms with E-state index in [9.17, 15) is 4.79 Å². The number of likely N-dealkylation sites (tertiary alicyclic amines) is 1. The molecule has 0 aliphatic carbocycles. The van der Waals surface area contributed by atoms with Crippen LogP contribution in [0, 0.1) is 13.8 Å². The highest BCUT2D eigenvalue weighted by atomic mass is 32.1. The quantitative estimate of drug-likeness (QED) is 0.735. The van der Waals surface area contributed by atoms with Crippen LogP contribution in [0.15, 0.2) is 0 Å². The first kappa shape index (κ1) is 18.4. The van der Waals surface area contributed by atoms with Crippen LogP contribution >= 0.6 is 11.3 Å². The first-order valence-corrected chi connectivity index (χ1v) is 9.35. The van der Waals surface area contributed by atoms with Crippen LogP contribution in [0.5, 0.6) is 0 Å². The maximum Gasteiger partial charge on any atom is 0.221 e. The van der Waals surface area contributed by atoms with Gasteiger partial charge in [0.15, 0.2) is 0 Å². The van der Waals surface area contributed by atoms with Gasteiger partial charge in [-0.1, -0.05) is 0 Å². The van der Waals surface area contributed by atoms with Crippen LogP contribution in [0.4, 0.5) is 0 Å². The minimum atomic E-state index is 0.162. The molecular weight excluding hydrogens is 308 g/mol. The molecule has 1 N–H and O–H groups in total. The van der Waals surface area contributed by atoms with E-state index in [0.717, 1.165) is 44.7 Å². The Hall–Kier alpha value is -0.980. The van der Waals surface area contributed by atoms with Gasteiger partial charge in [-0.3, -0.25) is 4.79 Å². The lowest BCUT2D eigenvalue weighted by molar-refractivity contribution is -0.121. The van der Waals surface area contributed by atoms with Gasteiger partial charge in [-0.05, 0) is 47.3 Å². The van der Waals surface area contributed by atoms with Crippen molar-refractivity contribution in [2.24, 2.45) is 0 Å². The average molecular weight is 339 g/mol. The number of nitrogens with zero attached hydrogens (tertiary/aromatic N) is 3. The van der Waals surface area contributed by atoms with Crippen molar-refractivity contribution in [3.8, 4) is 0 Å². The average Bonchev–Trinajstić information content (AvgIpc) is 3.07. The summed E-state index contributed by atoms with van der Waals surface area (Å²) in [4.78, 5) is 22.4. The second kappa shape index (κ2) is 8.76. The molecule has 0 aromatic carbocycles. The van der Waals surface area contributed by atoms with E-state index >= 15 is 0 Å². The van der Waals surface area contributed by atoms with Crippen molar-refractivity contribution in [2.45, 2.75) is 45.6 Å². The van der Waals surface area contributed by atoms with E-state index in [1.54, 1.807) is 11.3 Å². The number of aryl methyl sites for hydroxylation is 3. The lowest BCUT2D eigenvalue weighted by Crippen LogP contribution is -2.37. The van der Waals surface area contributed by atoms with Gasteiger partial charge in [-0.25, -0.2) is 4.98 Å². The minimum absolute atomic E-state index is 0.162. The van der Waals surface area contributed by atoms with Crippen molar-refractivity contribution < 1.29 is 4.79 Å². The molecule has 0 bridgehead atoms. The van der Waals surface area contributed by atoms with E-state index in [1.807, 2.05) is 0 Å². The van der Waals surface area contributed by atoms with Gasteiger partial charge < -0.3 is 15.1 Å². The van der Waals surface area contributed by atoms with Gasteiger partial charge in [-0.15, -0.1) is 11.3 Å². The summed E-state index contributed by atoms with van der Waals surface area (Å²) in [6.07, 6.45) is 3.71. The molecule has 0 saturated carbocycles. The Kier molecular flexibility index (Phi) is 6.99. The standard InChI is InChI=1S/C17H30N4OS/c1-13-14(2)23-17(19-13)6-5-9-18-16(22)8-11-21(4)15-7-10-20(3)12-15/h15H,5-12H2,1-4H3,(H,18,22)/t15-/m1/s1. The Labute approximate surface area is 144 Å². The number of rotatable bonds is 8. The molecule has 23 heavy (non-hydrogen) atoms. The van der Waals surface area contributed by atoms with Crippen LogP contribution < -0.4 is 5.32 Å². The Morgan fingerprint density at radius 3 is 2.87 bits per heavy atom. The lowest BCUT2D eigenvalue weighted by atomic mass is 10.2. The van der Waals surface area contributed by atoms with Gasteiger partial charge in [0.2, 0.25) is 5.91 Å². The fraction of sp³-hybridized carbons (Fsp3) is 0.765. The van der Waals surface area contributed by atoms with Crippen LogP contribution in [0.3, 0.4) is 0 Å². The van der Waals surface area contributed by atoms with Crippen molar-refractivity contribution in [1.82, 2.24) is 20.1 Å². The van der Waals surface area contributed by atoms with Crippen LogP contribution in [0.1, 0.15) is 34.8 Å². The van der Waals surface area contributed by atoms with E-state index < -0.39 is 0 Å². The maximum absolute atomic E-state index is 11.9. The zero-order valence-corrected chi connectivity index (χ0v) is 15.7. The van der Waals surface area contributed by atoms with Crippen molar-refractivity contribution in [2.75, 3.05) is 40.3 Å². The third kappa shape index (κ3) is 5.86. The Bertz CT molecular complexity index is 497. The zero-order valence-electron chi connectivity index (χ0n) is 14.9. The minimum Gasteiger partial charge on any atom is -0.356 e. The lowest BCUT2D eigenvalue weighted by Gasteiger charge is -2.23.